The van der Waals surface area contributed by atoms with E-state index in [-0.39, 0.29) is 0 Å². The number of nitrogens with zero attached hydrogens (tertiary/aromatic N) is 4. The van der Waals surface area contributed by atoms with Gasteiger partial charge in [0.15, 0.2) is 17.5 Å². The van der Waals surface area contributed by atoms with Crippen molar-refractivity contribution in [2.45, 2.75) is 5.41 Å². The lowest BCUT2D eigenvalue weighted by Gasteiger charge is -2.45. The van der Waals surface area contributed by atoms with Crippen LogP contribution in [0.1, 0.15) is 22.3 Å². The number of fused-ring (bicyclic) bond motifs is 10. The summed E-state index contributed by atoms with van der Waals surface area (Å²) >= 11 is 0. The molecule has 4 nitrogen and oxygen atoms in total. The Morgan fingerprint density at radius 2 is 0.833 bits per heavy atom. The smallest absolute Gasteiger partial charge is 0.164 e. The van der Waals surface area contributed by atoms with Crippen molar-refractivity contribution < 1.29 is 0 Å². The summed E-state index contributed by atoms with van der Waals surface area (Å²) in [6.07, 6.45) is 0. The van der Waals surface area contributed by atoms with Crippen LogP contribution in [0.2, 0.25) is 0 Å². The standard InChI is InChI=1S/C56H36N4/c1-3-19-38(20-4-1)53-57-54(59-55(58-53)45-28-17-21-37-18-7-8-24-41(37)45)44-27-10-9-25-42(44)39-34-35-48-46(36-39)43-26-11-12-29-47(43)56(48)49-30-13-15-32-51(49)60(40-22-5-2-6-23-40)52-33-16-14-31-50(52)56/h1-36H. The van der Waals surface area contributed by atoms with Crippen molar-refractivity contribution in [3.8, 4) is 56.4 Å². The van der Waals surface area contributed by atoms with Crippen molar-refractivity contribution in [1.29, 1.82) is 0 Å². The second kappa shape index (κ2) is 13.6. The number of aromatic nitrogens is 3. The van der Waals surface area contributed by atoms with Gasteiger partial charge in [0.2, 0.25) is 0 Å². The minimum Gasteiger partial charge on any atom is -0.310 e. The summed E-state index contributed by atoms with van der Waals surface area (Å²) in [6, 6.07) is 78.1. The van der Waals surface area contributed by atoms with Gasteiger partial charge in [-0.05, 0) is 85.6 Å². The third-order valence-electron chi connectivity index (χ3n) is 12.3. The molecule has 280 valence electrons. The van der Waals surface area contributed by atoms with Gasteiger partial charge in [-0.3, -0.25) is 0 Å². The number of benzene rings is 9. The van der Waals surface area contributed by atoms with E-state index < -0.39 is 5.41 Å². The summed E-state index contributed by atoms with van der Waals surface area (Å²) in [6.45, 7) is 0. The Bertz CT molecular complexity index is 3230. The maximum Gasteiger partial charge on any atom is 0.164 e. The van der Waals surface area contributed by atoms with E-state index >= 15 is 0 Å². The minimum absolute atomic E-state index is 0.519. The molecule has 4 heteroatoms. The van der Waals surface area contributed by atoms with E-state index in [1.165, 1.54) is 44.8 Å². The molecule has 1 aliphatic carbocycles. The Balaban J connectivity index is 1.07. The van der Waals surface area contributed by atoms with Crippen LogP contribution in [-0.2, 0) is 5.41 Å². The van der Waals surface area contributed by atoms with E-state index in [2.05, 4.69) is 205 Å². The summed E-state index contributed by atoms with van der Waals surface area (Å²) in [7, 11) is 0. The van der Waals surface area contributed by atoms with Crippen molar-refractivity contribution in [3.63, 3.8) is 0 Å². The van der Waals surface area contributed by atoms with Gasteiger partial charge in [-0.25, -0.2) is 15.0 Å². The van der Waals surface area contributed by atoms with Gasteiger partial charge < -0.3 is 4.90 Å². The number of hydrogen-bond acceptors (Lipinski definition) is 4. The van der Waals surface area contributed by atoms with Gasteiger partial charge in [-0.2, -0.15) is 0 Å². The van der Waals surface area contributed by atoms with Gasteiger partial charge in [0, 0.05) is 22.4 Å². The first kappa shape index (κ1) is 34.1. The summed E-state index contributed by atoms with van der Waals surface area (Å²) < 4.78 is 0. The summed E-state index contributed by atoms with van der Waals surface area (Å²) in [5, 5.41) is 2.25. The fourth-order valence-corrected chi connectivity index (χ4v) is 9.82. The summed E-state index contributed by atoms with van der Waals surface area (Å²) in [5.41, 5.74) is 15.6. The molecule has 0 saturated heterocycles. The maximum absolute atomic E-state index is 5.27. The fourth-order valence-electron chi connectivity index (χ4n) is 9.82. The van der Waals surface area contributed by atoms with Crippen molar-refractivity contribution in [3.05, 3.63) is 241 Å². The molecule has 60 heavy (non-hydrogen) atoms. The van der Waals surface area contributed by atoms with Gasteiger partial charge >= 0.3 is 0 Å². The highest BCUT2D eigenvalue weighted by molar-refractivity contribution is 5.98. The van der Waals surface area contributed by atoms with E-state index in [4.69, 9.17) is 15.0 Å². The molecule has 0 unspecified atom stereocenters. The van der Waals surface area contributed by atoms with Crippen LogP contribution in [0.3, 0.4) is 0 Å². The molecule has 0 radical (unpaired) electrons. The Kier molecular flexibility index (Phi) is 7.72. The molecule has 0 amide bonds. The first-order valence-electron chi connectivity index (χ1n) is 20.5. The van der Waals surface area contributed by atoms with Crippen molar-refractivity contribution in [1.82, 2.24) is 15.0 Å². The van der Waals surface area contributed by atoms with Crippen LogP contribution >= 0.6 is 0 Å². The minimum atomic E-state index is -0.519. The lowest BCUT2D eigenvalue weighted by Crippen LogP contribution is -2.36. The molecule has 0 N–H and O–H groups in total. The molecule has 12 rings (SSSR count). The Labute approximate surface area is 348 Å². The molecule has 1 spiro atoms. The quantitative estimate of drug-likeness (QED) is 0.175. The maximum atomic E-state index is 5.27. The average molecular weight is 765 g/mol. The van der Waals surface area contributed by atoms with Gasteiger partial charge in [0.05, 0.1) is 16.8 Å². The number of rotatable bonds is 5. The van der Waals surface area contributed by atoms with Gasteiger partial charge in [0.1, 0.15) is 0 Å². The molecule has 10 aromatic rings. The van der Waals surface area contributed by atoms with Crippen LogP contribution in [0.5, 0.6) is 0 Å². The second-order valence-corrected chi connectivity index (χ2v) is 15.5. The van der Waals surface area contributed by atoms with Crippen LogP contribution in [-0.4, -0.2) is 15.0 Å². The largest absolute Gasteiger partial charge is 0.310 e. The molecule has 1 aromatic heterocycles. The van der Waals surface area contributed by atoms with E-state index in [1.54, 1.807) is 0 Å². The Morgan fingerprint density at radius 1 is 0.317 bits per heavy atom. The van der Waals surface area contributed by atoms with Crippen molar-refractivity contribution >= 4 is 27.8 Å². The van der Waals surface area contributed by atoms with Crippen LogP contribution < -0.4 is 4.90 Å². The zero-order chi connectivity index (χ0) is 39.6. The first-order valence-corrected chi connectivity index (χ1v) is 20.5. The van der Waals surface area contributed by atoms with E-state index in [9.17, 15) is 0 Å². The predicted octanol–water partition coefficient (Wildman–Crippen LogP) is 13.8. The molecular formula is C56H36N4. The highest BCUT2D eigenvalue weighted by Gasteiger charge is 2.51. The Hall–Kier alpha value is -7.95. The zero-order valence-corrected chi connectivity index (χ0v) is 32.6. The van der Waals surface area contributed by atoms with Crippen LogP contribution in [0.25, 0.3) is 67.2 Å². The normalized spacial score (nSPS) is 13.1. The summed E-state index contributed by atoms with van der Waals surface area (Å²) in [4.78, 5) is 18.0. The lowest BCUT2D eigenvalue weighted by molar-refractivity contribution is 0.753. The first-order chi connectivity index (χ1) is 29.8. The molecule has 0 fully saturated rings. The molecule has 2 heterocycles. The highest BCUT2D eigenvalue weighted by Crippen LogP contribution is 2.63. The molecule has 9 aromatic carbocycles. The highest BCUT2D eigenvalue weighted by atomic mass is 15.2. The predicted molar refractivity (Wildman–Crippen MR) is 245 cm³/mol. The SMILES string of the molecule is c1ccc(-c2nc(-c3ccccc3-c3ccc4c(c3)-c3ccccc3C43c4ccccc4N(c4ccccc4)c4ccccc43)nc(-c3cccc4ccccc34)n2)cc1. The second-order valence-electron chi connectivity index (χ2n) is 15.5. The van der Waals surface area contributed by atoms with E-state index in [0.717, 1.165) is 44.3 Å². The number of anilines is 3. The number of hydrogen-bond donors (Lipinski definition) is 0. The monoisotopic (exact) mass is 764 g/mol. The van der Waals surface area contributed by atoms with Crippen molar-refractivity contribution in [2.75, 3.05) is 4.90 Å². The van der Waals surface area contributed by atoms with E-state index in [1.807, 2.05) is 18.2 Å². The zero-order valence-electron chi connectivity index (χ0n) is 32.6. The third-order valence-corrected chi connectivity index (χ3v) is 12.3. The molecule has 0 saturated carbocycles. The summed E-state index contributed by atoms with van der Waals surface area (Å²) in [5.74, 6) is 1.92. The molecule has 1 aliphatic heterocycles. The molecule has 0 bridgehead atoms. The van der Waals surface area contributed by atoms with E-state index in [0.29, 0.717) is 17.5 Å². The third kappa shape index (κ3) is 5.07. The average Bonchev–Trinajstić information content (AvgIpc) is 3.62. The van der Waals surface area contributed by atoms with Gasteiger partial charge in [-0.15, -0.1) is 0 Å². The fraction of sp³-hybridized carbons (Fsp3) is 0.0179. The lowest BCUT2D eigenvalue weighted by atomic mass is 9.64. The Morgan fingerprint density at radius 3 is 1.58 bits per heavy atom. The van der Waals surface area contributed by atoms with Crippen LogP contribution in [0, 0.1) is 0 Å². The van der Waals surface area contributed by atoms with Gasteiger partial charge in [-0.1, -0.05) is 188 Å². The van der Waals surface area contributed by atoms with Crippen LogP contribution in [0.15, 0.2) is 218 Å². The number of para-hydroxylation sites is 3. The molecule has 0 atom stereocenters. The molecular weight excluding hydrogens is 729 g/mol. The van der Waals surface area contributed by atoms with Gasteiger partial charge in [0.25, 0.3) is 0 Å². The topological polar surface area (TPSA) is 41.9 Å². The molecule has 2 aliphatic rings. The van der Waals surface area contributed by atoms with Crippen molar-refractivity contribution in [2.24, 2.45) is 0 Å². The van der Waals surface area contributed by atoms with Crippen LogP contribution in [0.4, 0.5) is 17.1 Å².